The molecule has 1 saturated heterocycles. The van der Waals surface area contributed by atoms with Crippen LogP contribution in [-0.4, -0.2) is 25.1 Å². The minimum absolute atomic E-state index is 0.114. The second-order valence-corrected chi connectivity index (χ2v) is 5.57. The Morgan fingerprint density at radius 2 is 2.30 bits per heavy atom. The minimum Gasteiger partial charge on any atom is -0.431 e. The SMILES string of the molecule is O=C(Nc1cc(Cl)cc(Br)c1OC(F)F)C1CCCN1. The third kappa shape index (κ3) is 3.80. The van der Waals surface area contributed by atoms with E-state index in [1.807, 2.05) is 0 Å². The molecule has 1 aliphatic rings. The molecule has 0 bridgehead atoms. The molecule has 0 radical (unpaired) electrons. The molecular formula is C12H12BrClF2N2O2. The molecule has 1 amide bonds. The number of benzene rings is 1. The summed E-state index contributed by atoms with van der Waals surface area (Å²) in [6.45, 7) is -2.23. The monoisotopic (exact) mass is 368 g/mol. The van der Waals surface area contributed by atoms with Crippen LogP contribution in [0.2, 0.25) is 5.02 Å². The van der Waals surface area contributed by atoms with Gasteiger partial charge in [-0.15, -0.1) is 0 Å². The largest absolute Gasteiger partial charge is 0.431 e. The van der Waals surface area contributed by atoms with Crippen molar-refractivity contribution in [3.63, 3.8) is 0 Å². The highest BCUT2D eigenvalue weighted by Gasteiger charge is 2.24. The number of hydrogen-bond donors (Lipinski definition) is 2. The number of amides is 1. The smallest absolute Gasteiger partial charge is 0.387 e. The number of hydrogen-bond acceptors (Lipinski definition) is 3. The van der Waals surface area contributed by atoms with E-state index in [0.29, 0.717) is 11.4 Å². The number of ether oxygens (including phenoxy) is 1. The number of nitrogens with one attached hydrogen (secondary N) is 2. The lowest BCUT2D eigenvalue weighted by atomic mass is 10.2. The van der Waals surface area contributed by atoms with Crippen molar-refractivity contribution in [2.45, 2.75) is 25.5 Å². The van der Waals surface area contributed by atoms with E-state index < -0.39 is 6.61 Å². The molecule has 2 rings (SSSR count). The van der Waals surface area contributed by atoms with Crippen molar-refractivity contribution in [1.82, 2.24) is 5.32 Å². The van der Waals surface area contributed by atoms with Gasteiger partial charge in [-0.1, -0.05) is 11.6 Å². The first kappa shape index (κ1) is 15.5. The van der Waals surface area contributed by atoms with Gasteiger partial charge in [-0.05, 0) is 47.4 Å². The molecule has 1 unspecified atom stereocenters. The highest BCUT2D eigenvalue weighted by molar-refractivity contribution is 9.10. The Hall–Kier alpha value is -0.920. The van der Waals surface area contributed by atoms with Gasteiger partial charge in [0.2, 0.25) is 5.91 Å². The number of rotatable bonds is 4. The molecule has 0 spiro atoms. The van der Waals surface area contributed by atoms with Gasteiger partial charge in [0.25, 0.3) is 0 Å². The molecule has 0 saturated carbocycles. The van der Waals surface area contributed by atoms with Crippen LogP contribution in [0.1, 0.15) is 12.8 Å². The van der Waals surface area contributed by atoms with Crippen LogP contribution in [0.3, 0.4) is 0 Å². The summed E-state index contributed by atoms with van der Waals surface area (Å²) in [6.07, 6.45) is 1.61. The number of halogens is 4. The van der Waals surface area contributed by atoms with Gasteiger partial charge >= 0.3 is 6.61 Å². The normalized spacial score (nSPS) is 18.4. The zero-order chi connectivity index (χ0) is 14.7. The summed E-state index contributed by atoms with van der Waals surface area (Å²) in [5.41, 5.74) is 0.114. The van der Waals surface area contributed by atoms with Gasteiger partial charge in [0.05, 0.1) is 16.2 Å². The lowest BCUT2D eigenvalue weighted by Crippen LogP contribution is -2.35. The molecular weight excluding hydrogens is 357 g/mol. The predicted octanol–water partition coefficient (Wildman–Crippen LogP) is 3.39. The molecule has 8 heteroatoms. The molecule has 1 aliphatic heterocycles. The fraction of sp³-hybridized carbons (Fsp3) is 0.417. The van der Waals surface area contributed by atoms with Crippen LogP contribution in [-0.2, 0) is 4.79 Å². The Balaban J connectivity index is 2.22. The van der Waals surface area contributed by atoms with Gasteiger partial charge in [-0.25, -0.2) is 0 Å². The second kappa shape index (κ2) is 6.69. The molecule has 1 heterocycles. The summed E-state index contributed by atoms with van der Waals surface area (Å²) >= 11 is 8.95. The van der Waals surface area contributed by atoms with E-state index in [1.54, 1.807) is 0 Å². The van der Waals surface area contributed by atoms with Crippen molar-refractivity contribution < 1.29 is 18.3 Å². The predicted molar refractivity (Wildman–Crippen MR) is 75.4 cm³/mol. The van der Waals surface area contributed by atoms with Crippen LogP contribution in [0.25, 0.3) is 0 Å². The fourth-order valence-corrected chi connectivity index (χ4v) is 2.89. The van der Waals surface area contributed by atoms with Crippen molar-refractivity contribution in [3.8, 4) is 5.75 Å². The van der Waals surface area contributed by atoms with Gasteiger partial charge < -0.3 is 15.4 Å². The van der Waals surface area contributed by atoms with Crippen molar-refractivity contribution in [3.05, 3.63) is 21.6 Å². The van der Waals surface area contributed by atoms with E-state index >= 15 is 0 Å². The topological polar surface area (TPSA) is 50.4 Å². The Labute approximate surface area is 127 Å². The molecule has 0 aliphatic carbocycles. The lowest BCUT2D eigenvalue weighted by Gasteiger charge is -2.16. The van der Waals surface area contributed by atoms with Crippen molar-refractivity contribution in [1.29, 1.82) is 0 Å². The maximum absolute atomic E-state index is 12.4. The Bertz CT molecular complexity index is 510. The minimum atomic E-state index is -2.99. The van der Waals surface area contributed by atoms with E-state index in [9.17, 15) is 13.6 Å². The maximum Gasteiger partial charge on any atom is 0.387 e. The molecule has 2 N–H and O–H groups in total. The summed E-state index contributed by atoms with van der Waals surface area (Å²) < 4.78 is 29.5. The standard InChI is InChI=1S/C12H12BrClF2N2O2/c13-7-4-6(14)5-9(10(7)20-12(15)16)18-11(19)8-2-1-3-17-8/h4-5,8,12,17H,1-3H2,(H,18,19). The van der Waals surface area contributed by atoms with Crippen LogP contribution < -0.4 is 15.4 Å². The van der Waals surface area contributed by atoms with E-state index in [4.69, 9.17) is 11.6 Å². The number of alkyl halides is 2. The lowest BCUT2D eigenvalue weighted by molar-refractivity contribution is -0.117. The summed E-state index contributed by atoms with van der Waals surface area (Å²) in [5.74, 6) is -0.438. The van der Waals surface area contributed by atoms with Gasteiger partial charge in [0.1, 0.15) is 0 Å². The third-order valence-corrected chi connectivity index (χ3v) is 3.66. The first-order valence-electron chi connectivity index (χ1n) is 5.95. The zero-order valence-electron chi connectivity index (χ0n) is 10.3. The summed E-state index contributed by atoms with van der Waals surface area (Å²) in [5, 5.41) is 5.88. The van der Waals surface area contributed by atoms with Gasteiger partial charge in [-0.3, -0.25) is 4.79 Å². The summed E-state index contributed by atoms with van der Waals surface area (Å²) in [4.78, 5) is 12.0. The van der Waals surface area contributed by atoms with Crippen LogP contribution >= 0.6 is 27.5 Å². The molecule has 0 aromatic heterocycles. The molecule has 4 nitrogen and oxygen atoms in total. The Morgan fingerprint density at radius 3 is 2.90 bits per heavy atom. The van der Waals surface area contributed by atoms with Crippen LogP contribution in [0.15, 0.2) is 16.6 Å². The number of carbonyl (C=O) groups excluding carboxylic acids is 1. The average Bonchev–Trinajstić information content (AvgIpc) is 2.87. The molecule has 1 atom stereocenters. The average molecular weight is 370 g/mol. The summed E-state index contributed by atoms with van der Waals surface area (Å²) in [7, 11) is 0. The highest BCUT2D eigenvalue weighted by atomic mass is 79.9. The van der Waals surface area contributed by atoms with Crippen molar-refractivity contribution >= 4 is 39.1 Å². The van der Waals surface area contributed by atoms with Gasteiger partial charge in [-0.2, -0.15) is 8.78 Å². The van der Waals surface area contributed by atoms with Crippen molar-refractivity contribution in [2.75, 3.05) is 11.9 Å². The van der Waals surface area contributed by atoms with E-state index in [0.717, 1.165) is 13.0 Å². The van der Waals surface area contributed by atoms with Crippen LogP contribution in [0.5, 0.6) is 5.75 Å². The Morgan fingerprint density at radius 1 is 1.55 bits per heavy atom. The molecule has 20 heavy (non-hydrogen) atoms. The molecule has 1 aromatic rings. The summed E-state index contributed by atoms with van der Waals surface area (Å²) in [6, 6.07) is 2.46. The molecule has 1 fully saturated rings. The van der Waals surface area contributed by atoms with Crippen molar-refractivity contribution in [2.24, 2.45) is 0 Å². The number of carbonyl (C=O) groups is 1. The first-order chi connectivity index (χ1) is 9.47. The van der Waals surface area contributed by atoms with Gasteiger partial charge in [0, 0.05) is 5.02 Å². The van der Waals surface area contributed by atoms with E-state index in [-0.39, 0.29) is 27.9 Å². The fourth-order valence-electron chi connectivity index (χ4n) is 1.99. The highest BCUT2D eigenvalue weighted by Crippen LogP contribution is 2.37. The van der Waals surface area contributed by atoms with Gasteiger partial charge in [0.15, 0.2) is 5.75 Å². The molecule has 110 valence electrons. The third-order valence-electron chi connectivity index (χ3n) is 2.85. The van der Waals surface area contributed by atoms with Crippen LogP contribution in [0, 0.1) is 0 Å². The quantitative estimate of drug-likeness (QED) is 0.855. The van der Waals surface area contributed by atoms with E-state index in [1.165, 1.54) is 12.1 Å². The maximum atomic E-state index is 12.4. The number of anilines is 1. The zero-order valence-corrected chi connectivity index (χ0v) is 12.6. The first-order valence-corrected chi connectivity index (χ1v) is 7.12. The molecule has 1 aromatic carbocycles. The Kier molecular flexibility index (Phi) is 5.17. The van der Waals surface area contributed by atoms with Crippen LogP contribution in [0.4, 0.5) is 14.5 Å². The van der Waals surface area contributed by atoms with E-state index in [2.05, 4.69) is 31.3 Å². The second-order valence-electron chi connectivity index (χ2n) is 4.28.